The van der Waals surface area contributed by atoms with E-state index in [2.05, 4.69) is 14.8 Å². The third kappa shape index (κ3) is 2.58. The largest absolute Gasteiger partial charge is 0.383 e. The lowest BCUT2D eigenvalue weighted by molar-refractivity contribution is 0.183. The number of methoxy groups -OCH3 is 1. The Labute approximate surface area is 108 Å². The average Bonchev–Trinajstić information content (AvgIpc) is 2.95. The second kappa shape index (κ2) is 5.48. The number of aromatic nitrogens is 3. The van der Waals surface area contributed by atoms with Crippen LogP contribution in [-0.2, 0) is 11.3 Å². The van der Waals surface area contributed by atoms with Gasteiger partial charge in [0.25, 0.3) is 0 Å². The van der Waals surface area contributed by atoms with Crippen LogP contribution in [0.3, 0.4) is 0 Å². The van der Waals surface area contributed by atoms with E-state index in [0.717, 1.165) is 17.2 Å². The zero-order valence-corrected chi connectivity index (χ0v) is 10.6. The Morgan fingerprint density at radius 3 is 3.22 bits per heavy atom. The molecule has 0 spiro atoms. The van der Waals surface area contributed by atoms with Crippen molar-refractivity contribution >= 4 is 28.0 Å². The second-order valence-corrected chi connectivity index (χ2v) is 4.27. The fourth-order valence-corrected chi connectivity index (χ4v) is 2.05. The lowest BCUT2D eigenvalue weighted by atomic mass is 10.3. The molecule has 0 atom stereocenters. The molecule has 0 saturated heterocycles. The number of nitrogens with zero attached hydrogens (tertiary/aromatic N) is 4. The predicted molar refractivity (Wildman–Crippen MR) is 68.6 cm³/mol. The Bertz CT molecular complexity index is 569. The number of nitrogens with two attached hydrogens (primary N) is 1. The van der Waals surface area contributed by atoms with Gasteiger partial charge < -0.3 is 15.8 Å². The summed E-state index contributed by atoms with van der Waals surface area (Å²) in [6, 6.07) is 2.02. The highest BCUT2D eigenvalue weighted by Crippen LogP contribution is 2.28. The van der Waals surface area contributed by atoms with Gasteiger partial charge in [0.2, 0.25) is 0 Å². The van der Waals surface area contributed by atoms with Crippen molar-refractivity contribution in [2.45, 2.75) is 6.54 Å². The maximum Gasteiger partial charge on any atom is 0.157 e. The molecule has 0 unspecified atom stereocenters. The Morgan fingerprint density at radius 2 is 2.50 bits per heavy atom. The second-order valence-electron chi connectivity index (χ2n) is 3.49. The number of ether oxygens (including phenoxy) is 1. The maximum atomic E-state index is 8.95. The molecule has 0 saturated carbocycles. The molecule has 2 aromatic heterocycles. The molecule has 2 rings (SSSR count). The number of nitriles is 1. The third-order valence-corrected chi connectivity index (χ3v) is 3.02. The minimum Gasteiger partial charge on any atom is -0.383 e. The molecule has 8 heteroatoms. The van der Waals surface area contributed by atoms with Gasteiger partial charge in [-0.25, -0.2) is 0 Å². The highest BCUT2D eigenvalue weighted by Gasteiger charge is 2.11. The number of anilines is 3. The number of nitrogen functional groups attached to an aromatic ring is 1. The Kier molecular flexibility index (Phi) is 3.76. The van der Waals surface area contributed by atoms with Gasteiger partial charge in [-0.1, -0.05) is 0 Å². The molecule has 2 heterocycles. The summed E-state index contributed by atoms with van der Waals surface area (Å²) in [7, 11) is 1.64. The first-order valence-electron chi connectivity index (χ1n) is 5.18. The van der Waals surface area contributed by atoms with Crippen LogP contribution in [-0.4, -0.2) is 27.9 Å². The molecule has 0 aliphatic rings. The minimum absolute atomic E-state index is 0.247. The molecule has 0 bridgehead atoms. The van der Waals surface area contributed by atoms with Gasteiger partial charge in [-0.2, -0.15) is 14.7 Å². The fourth-order valence-electron chi connectivity index (χ4n) is 1.36. The van der Waals surface area contributed by atoms with E-state index in [9.17, 15) is 0 Å². The van der Waals surface area contributed by atoms with E-state index in [1.165, 1.54) is 0 Å². The van der Waals surface area contributed by atoms with E-state index in [1.54, 1.807) is 18.0 Å². The van der Waals surface area contributed by atoms with Crippen molar-refractivity contribution in [2.75, 3.05) is 24.8 Å². The van der Waals surface area contributed by atoms with E-state index in [-0.39, 0.29) is 5.82 Å². The zero-order valence-electron chi connectivity index (χ0n) is 9.75. The molecule has 0 aromatic carbocycles. The van der Waals surface area contributed by atoms with E-state index in [1.807, 2.05) is 12.3 Å². The van der Waals surface area contributed by atoms with Crippen molar-refractivity contribution in [2.24, 2.45) is 0 Å². The lowest BCUT2D eigenvalue weighted by Gasteiger charge is -2.00. The van der Waals surface area contributed by atoms with Gasteiger partial charge in [0.05, 0.1) is 25.0 Å². The number of rotatable bonds is 5. The smallest absolute Gasteiger partial charge is 0.157 e. The van der Waals surface area contributed by atoms with Gasteiger partial charge in [0, 0.05) is 13.3 Å². The summed E-state index contributed by atoms with van der Waals surface area (Å²) in [6.07, 6.45) is 3.50. The summed E-state index contributed by atoms with van der Waals surface area (Å²) >= 11 is 1.15. The minimum atomic E-state index is 0.247. The summed E-state index contributed by atoms with van der Waals surface area (Å²) in [5.41, 5.74) is 6.72. The van der Waals surface area contributed by atoms with Crippen molar-refractivity contribution < 1.29 is 4.74 Å². The first kappa shape index (κ1) is 12.3. The number of hydrogen-bond acceptors (Lipinski definition) is 7. The molecule has 18 heavy (non-hydrogen) atoms. The van der Waals surface area contributed by atoms with Crippen LogP contribution in [0.4, 0.5) is 16.5 Å². The Morgan fingerprint density at radius 1 is 1.67 bits per heavy atom. The van der Waals surface area contributed by atoms with Crippen LogP contribution in [0.15, 0.2) is 12.4 Å². The SMILES string of the molecule is COCCn1cc(Nc2snc(N)c2C#N)cn1. The van der Waals surface area contributed by atoms with Crippen LogP contribution in [0, 0.1) is 11.3 Å². The molecule has 0 aliphatic heterocycles. The van der Waals surface area contributed by atoms with Crippen LogP contribution in [0.1, 0.15) is 5.56 Å². The highest BCUT2D eigenvalue weighted by molar-refractivity contribution is 7.10. The predicted octanol–water partition coefficient (Wildman–Crippen LogP) is 1.18. The zero-order chi connectivity index (χ0) is 13.0. The summed E-state index contributed by atoms with van der Waals surface area (Å²) in [5.74, 6) is 0.247. The van der Waals surface area contributed by atoms with Gasteiger partial charge in [-0.3, -0.25) is 4.68 Å². The molecule has 3 N–H and O–H groups in total. The van der Waals surface area contributed by atoms with Crippen molar-refractivity contribution in [3.05, 3.63) is 18.0 Å². The summed E-state index contributed by atoms with van der Waals surface area (Å²) in [5, 5.41) is 16.8. The normalized spacial score (nSPS) is 10.2. The molecule has 0 radical (unpaired) electrons. The average molecular weight is 264 g/mol. The van der Waals surface area contributed by atoms with E-state index < -0.39 is 0 Å². The van der Waals surface area contributed by atoms with Crippen LogP contribution in [0.25, 0.3) is 0 Å². The molecule has 0 aliphatic carbocycles. The fraction of sp³-hybridized carbons (Fsp3) is 0.300. The molecule has 94 valence electrons. The van der Waals surface area contributed by atoms with Crippen LogP contribution >= 0.6 is 11.5 Å². The van der Waals surface area contributed by atoms with Crippen molar-refractivity contribution in [1.29, 1.82) is 5.26 Å². The van der Waals surface area contributed by atoms with E-state index in [0.29, 0.717) is 23.7 Å². The molecule has 2 aromatic rings. The van der Waals surface area contributed by atoms with Gasteiger partial charge in [-0.05, 0) is 11.5 Å². The highest BCUT2D eigenvalue weighted by atomic mass is 32.1. The summed E-state index contributed by atoms with van der Waals surface area (Å²) in [6.45, 7) is 1.27. The van der Waals surface area contributed by atoms with Crippen molar-refractivity contribution in [3.63, 3.8) is 0 Å². The number of hydrogen-bond donors (Lipinski definition) is 2. The monoisotopic (exact) mass is 264 g/mol. The summed E-state index contributed by atoms with van der Waals surface area (Å²) in [4.78, 5) is 0. The standard InChI is InChI=1S/C10H12N6OS/c1-17-3-2-16-6-7(5-13-16)14-10-8(4-11)9(12)15-18-10/h5-6,14H,2-3H2,1H3,(H2,12,15). The first-order chi connectivity index (χ1) is 8.74. The quantitative estimate of drug-likeness (QED) is 0.840. The molecular weight excluding hydrogens is 252 g/mol. The van der Waals surface area contributed by atoms with Crippen LogP contribution in [0.5, 0.6) is 0 Å². The van der Waals surface area contributed by atoms with Crippen LogP contribution in [0.2, 0.25) is 0 Å². The molecule has 7 nitrogen and oxygen atoms in total. The van der Waals surface area contributed by atoms with Gasteiger partial charge >= 0.3 is 0 Å². The topological polar surface area (TPSA) is 102 Å². The van der Waals surface area contributed by atoms with Crippen molar-refractivity contribution in [1.82, 2.24) is 14.2 Å². The molecule has 0 amide bonds. The molecular formula is C10H12N6OS. The third-order valence-electron chi connectivity index (χ3n) is 2.25. The van der Waals surface area contributed by atoms with Crippen LogP contribution < -0.4 is 11.1 Å². The lowest BCUT2D eigenvalue weighted by Crippen LogP contribution is -2.03. The van der Waals surface area contributed by atoms with E-state index in [4.69, 9.17) is 15.7 Å². The maximum absolute atomic E-state index is 8.95. The van der Waals surface area contributed by atoms with Gasteiger partial charge in [-0.15, -0.1) is 0 Å². The van der Waals surface area contributed by atoms with Crippen molar-refractivity contribution in [3.8, 4) is 6.07 Å². The Hall–Kier alpha value is -2.11. The van der Waals surface area contributed by atoms with Gasteiger partial charge in [0.1, 0.15) is 16.6 Å². The van der Waals surface area contributed by atoms with E-state index >= 15 is 0 Å². The number of nitrogens with one attached hydrogen (secondary N) is 1. The molecule has 0 fully saturated rings. The first-order valence-corrected chi connectivity index (χ1v) is 5.95. The summed E-state index contributed by atoms with van der Waals surface area (Å²) < 4.78 is 10.6. The Balaban J connectivity index is 2.09. The van der Waals surface area contributed by atoms with Gasteiger partial charge in [0.15, 0.2) is 5.82 Å².